The number of likely N-dealkylation sites (N-methyl/N-ethyl adjacent to an activating group) is 1. The van der Waals surface area contributed by atoms with E-state index in [1.807, 2.05) is 0 Å². The number of hydrogen-bond donors (Lipinski definition) is 2. The Labute approximate surface area is 95.2 Å². The molecule has 1 atom stereocenters. The van der Waals surface area contributed by atoms with Crippen LogP contribution in [0.5, 0.6) is 0 Å². The van der Waals surface area contributed by atoms with Crippen LogP contribution in [-0.4, -0.2) is 28.8 Å². The first-order chi connectivity index (χ1) is 7.20. The van der Waals surface area contributed by atoms with Gasteiger partial charge >= 0.3 is 0 Å². The summed E-state index contributed by atoms with van der Waals surface area (Å²) in [6, 6.07) is 0. The number of nitrogens with zero attached hydrogens (tertiary/aromatic N) is 2. The zero-order chi connectivity index (χ0) is 12.9. The van der Waals surface area contributed by atoms with Gasteiger partial charge in [-0.25, -0.2) is 4.39 Å². The summed E-state index contributed by atoms with van der Waals surface area (Å²) in [5.41, 5.74) is 6.12. The lowest BCUT2D eigenvalue weighted by molar-refractivity contribution is -0.0242. The minimum Gasteiger partial charge on any atom is -0.295 e. The van der Waals surface area contributed by atoms with Gasteiger partial charge in [-0.3, -0.25) is 21.0 Å². The minimum atomic E-state index is -1.96. The van der Waals surface area contributed by atoms with E-state index in [0.717, 1.165) is 5.06 Å². The van der Waals surface area contributed by atoms with Crippen molar-refractivity contribution in [3.05, 3.63) is 36.7 Å². The van der Waals surface area contributed by atoms with Crippen molar-refractivity contribution >= 4 is 5.71 Å². The molecule has 0 heterocycles. The van der Waals surface area contributed by atoms with Crippen molar-refractivity contribution < 1.29 is 9.60 Å². The Bertz CT molecular complexity index is 338. The predicted molar refractivity (Wildman–Crippen MR) is 63.8 cm³/mol. The molecule has 4 nitrogen and oxygen atoms in total. The highest BCUT2D eigenvalue weighted by molar-refractivity contribution is 5.89. The van der Waals surface area contributed by atoms with E-state index in [1.165, 1.54) is 33.2 Å². The molecule has 0 saturated carbocycles. The van der Waals surface area contributed by atoms with Crippen LogP contribution in [0, 0.1) is 0 Å². The number of rotatable bonds is 5. The molecule has 0 aromatic carbocycles. The molecule has 0 aliphatic heterocycles. The van der Waals surface area contributed by atoms with Crippen LogP contribution in [0.15, 0.2) is 41.7 Å². The molecule has 0 radical (unpaired) electrons. The molecule has 0 aliphatic rings. The average Bonchev–Trinajstić information content (AvgIpc) is 2.16. The SMILES string of the molecule is C=C/C(=C\N=C(C)C(C)(N)F)C(=C)N(C)O. The van der Waals surface area contributed by atoms with Gasteiger partial charge in [0.1, 0.15) is 0 Å². The lowest BCUT2D eigenvalue weighted by atomic mass is 10.2. The maximum absolute atomic E-state index is 13.2. The van der Waals surface area contributed by atoms with E-state index in [4.69, 9.17) is 10.9 Å². The van der Waals surface area contributed by atoms with Crippen molar-refractivity contribution in [2.45, 2.75) is 19.6 Å². The standard InChI is InChI=1S/C11H18FN3O/c1-6-10(8(2)15(5)16)7-14-9(3)11(4,12)13/h6-7,16H,1-2,13H2,3-5H3/b10-7+,14-9?. The second-order valence-corrected chi connectivity index (χ2v) is 3.55. The van der Waals surface area contributed by atoms with Crippen molar-refractivity contribution in [2.24, 2.45) is 10.7 Å². The van der Waals surface area contributed by atoms with E-state index in [-0.39, 0.29) is 5.71 Å². The first-order valence-corrected chi connectivity index (χ1v) is 4.67. The van der Waals surface area contributed by atoms with Crippen molar-refractivity contribution in [3.8, 4) is 0 Å². The normalized spacial score (nSPS) is 16.6. The van der Waals surface area contributed by atoms with E-state index >= 15 is 0 Å². The van der Waals surface area contributed by atoms with Crippen LogP contribution >= 0.6 is 0 Å². The monoisotopic (exact) mass is 227 g/mol. The second kappa shape index (κ2) is 5.58. The van der Waals surface area contributed by atoms with Crippen LogP contribution in [0.1, 0.15) is 13.8 Å². The lowest BCUT2D eigenvalue weighted by Gasteiger charge is -2.15. The highest BCUT2D eigenvalue weighted by Gasteiger charge is 2.19. The maximum Gasteiger partial charge on any atom is 0.194 e. The fourth-order valence-corrected chi connectivity index (χ4v) is 0.724. The minimum absolute atomic E-state index is 0.125. The molecule has 3 N–H and O–H groups in total. The van der Waals surface area contributed by atoms with Crippen LogP contribution in [0.4, 0.5) is 4.39 Å². The lowest BCUT2D eigenvalue weighted by Crippen LogP contribution is -2.38. The molecule has 0 amide bonds. The molecule has 16 heavy (non-hydrogen) atoms. The third-order valence-electron chi connectivity index (χ3n) is 2.05. The molecule has 0 spiro atoms. The van der Waals surface area contributed by atoms with Gasteiger partial charge in [0.05, 0.1) is 11.4 Å². The number of hydroxylamine groups is 2. The van der Waals surface area contributed by atoms with Crippen LogP contribution in [0.25, 0.3) is 0 Å². The molecule has 0 aliphatic carbocycles. The third kappa shape index (κ3) is 4.37. The van der Waals surface area contributed by atoms with Gasteiger partial charge in [-0.2, -0.15) is 0 Å². The van der Waals surface area contributed by atoms with Gasteiger partial charge in [0.25, 0.3) is 0 Å². The van der Waals surface area contributed by atoms with Crippen molar-refractivity contribution in [1.82, 2.24) is 5.06 Å². The highest BCUT2D eigenvalue weighted by Crippen LogP contribution is 2.12. The third-order valence-corrected chi connectivity index (χ3v) is 2.05. The molecule has 0 rings (SSSR count). The van der Waals surface area contributed by atoms with Crippen molar-refractivity contribution in [1.29, 1.82) is 0 Å². The number of alkyl halides is 1. The molecular weight excluding hydrogens is 209 g/mol. The highest BCUT2D eigenvalue weighted by atomic mass is 19.1. The zero-order valence-corrected chi connectivity index (χ0v) is 9.87. The van der Waals surface area contributed by atoms with Gasteiger partial charge in [-0.1, -0.05) is 19.2 Å². The predicted octanol–water partition coefficient (Wildman–Crippen LogP) is 2.00. The van der Waals surface area contributed by atoms with Crippen molar-refractivity contribution in [2.75, 3.05) is 7.05 Å². The van der Waals surface area contributed by atoms with Gasteiger partial charge in [0, 0.05) is 18.8 Å². The fourth-order valence-electron chi connectivity index (χ4n) is 0.724. The summed E-state index contributed by atoms with van der Waals surface area (Å²) >= 11 is 0. The largest absolute Gasteiger partial charge is 0.295 e. The molecule has 5 heteroatoms. The average molecular weight is 227 g/mol. The molecule has 0 fully saturated rings. The first kappa shape index (κ1) is 14.5. The summed E-state index contributed by atoms with van der Waals surface area (Å²) in [7, 11) is 1.42. The van der Waals surface area contributed by atoms with Gasteiger partial charge in [-0.05, 0) is 13.8 Å². The Morgan fingerprint density at radius 1 is 1.62 bits per heavy atom. The number of hydrogen-bond acceptors (Lipinski definition) is 4. The number of nitrogens with two attached hydrogens (primary N) is 1. The van der Waals surface area contributed by atoms with E-state index in [0.29, 0.717) is 11.3 Å². The molecule has 0 saturated heterocycles. The second-order valence-electron chi connectivity index (χ2n) is 3.55. The Balaban J connectivity index is 5.01. The molecule has 1 unspecified atom stereocenters. The van der Waals surface area contributed by atoms with Gasteiger partial charge in [0.2, 0.25) is 0 Å². The topological polar surface area (TPSA) is 61.8 Å². The molecule has 90 valence electrons. The summed E-state index contributed by atoms with van der Waals surface area (Å²) in [6.45, 7) is 9.83. The summed E-state index contributed by atoms with van der Waals surface area (Å²) in [5, 5.41) is 9.97. The molecule has 0 bridgehead atoms. The number of allylic oxidation sites excluding steroid dienone is 1. The molecule has 0 aromatic heterocycles. The Kier molecular flexibility index (Phi) is 5.07. The molecular formula is C11H18FN3O. The Hall–Kier alpha value is -1.46. The van der Waals surface area contributed by atoms with Crippen LogP contribution in [-0.2, 0) is 0 Å². The Morgan fingerprint density at radius 2 is 2.12 bits per heavy atom. The van der Waals surface area contributed by atoms with Crippen LogP contribution < -0.4 is 5.73 Å². The van der Waals surface area contributed by atoms with E-state index in [9.17, 15) is 4.39 Å². The van der Waals surface area contributed by atoms with Crippen LogP contribution in [0.3, 0.4) is 0 Å². The zero-order valence-electron chi connectivity index (χ0n) is 9.87. The summed E-state index contributed by atoms with van der Waals surface area (Å²) in [4.78, 5) is 3.85. The van der Waals surface area contributed by atoms with E-state index < -0.39 is 5.79 Å². The van der Waals surface area contributed by atoms with Crippen LogP contribution in [0.2, 0.25) is 0 Å². The van der Waals surface area contributed by atoms with E-state index in [2.05, 4.69) is 18.2 Å². The fraction of sp³-hybridized carbons (Fsp3) is 0.364. The summed E-state index contributed by atoms with van der Waals surface area (Å²) in [6.07, 6.45) is 2.81. The summed E-state index contributed by atoms with van der Waals surface area (Å²) in [5.74, 6) is -1.96. The maximum atomic E-state index is 13.2. The summed E-state index contributed by atoms with van der Waals surface area (Å²) < 4.78 is 13.2. The first-order valence-electron chi connectivity index (χ1n) is 4.67. The molecule has 0 aromatic rings. The quantitative estimate of drug-likeness (QED) is 0.327. The van der Waals surface area contributed by atoms with Crippen molar-refractivity contribution in [3.63, 3.8) is 0 Å². The Morgan fingerprint density at radius 3 is 2.44 bits per heavy atom. The smallest absolute Gasteiger partial charge is 0.194 e. The van der Waals surface area contributed by atoms with E-state index in [1.54, 1.807) is 0 Å². The number of halogens is 1. The van der Waals surface area contributed by atoms with Gasteiger partial charge < -0.3 is 0 Å². The number of aliphatic imine (C=N–C) groups is 1. The van der Waals surface area contributed by atoms with Gasteiger partial charge in [-0.15, -0.1) is 0 Å². The van der Waals surface area contributed by atoms with Gasteiger partial charge in [0.15, 0.2) is 5.79 Å².